The third kappa shape index (κ3) is 3.18. The SMILES string of the molecule is COCC(C)N(C)Cc1cccc(F)c1N. The van der Waals surface area contributed by atoms with Gasteiger partial charge >= 0.3 is 0 Å². The third-order valence-electron chi connectivity index (χ3n) is 2.72. The number of benzene rings is 1. The molecule has 0 amide bonds. The molecule has 0 spiro atoms. The fraction of sp³-hybridized carbons (Fsp3) is 0.500. The second-order valence-electron chi connectivity index (χ2n) is 4.03. The average molecular weight is 226 g/mol. The lowest BCUT2D eigenvalue weighted by Gasteiger charge is -2.24. The Morgan fingerprint density at radius 2 is 2.19 bits per heavy atom. The Hall–Kier alpha value is -1.13. The van der Waals surface area contributed by atoms with Crippen LogP contribution in [-0.2, 0) is 11.3 Å². The zero-order chi connectivity index (χ0) is 12.1. The van der Waals surface area contributed by atoms with E-state index in [1.165, 1.54) is 6.07 Å². The molecular weight excluding hydrogens is 207 g/mol. The molecule has 0 aromatic heterocycles. The molecule has 1 rings (SSSR count). The Morgan fingerprint density at radius 1 is 1.50 bits per heavy atom. The van der Waals surface area contributed by atoms with Crippen LogP contribution in [0, 0.1) is 5.82 Å². The van der Waals surface area contributed by atoms with Crippen LogP contribution in [0.15, 0.2) is 18.2 Å². The first kappa shape index (κ1) is 12.9. The van der Waals surface area contributed by atoms with Crippen molar-refractivity contribution in [2.75, 3.05) is 26.5 Å². The number of nitrogen functional groups attached to an aromatic ring is 1. The van der Waals surface area contributed by atoms with Gasteiger partial charge in [-0.3, -0.25) is 4.90 Å². The van der Waals surface area contributed by atoms with Crippen molar-refractivity contribution in [2.45, 2.75) is 19.5 Å². The number of halogens is 1. The van der Waals surface area contributed by atoms with Crippen LogP contribution in [0.4, 0.5) is 10.1 Å². The number of rotatable bonds is 5. The number of para-hydroxylation sites is 1. The van der Waals surface area contributed by atoms with Crippen molar-refractivity contribution >= 4 is 5.69 Å². The predicted molar refractivity (Wildman–Crippen MR) is 63.6 cm³/mol. The van der Waals surface area contributed by atoms with E-state index in [9.17, 15) is 4.39 Å². The van der Waals surface area contributed by atoms with Crippen molar-refractivity contribution in [3.63, 3.8) is 0 Å². The van der Waals surface area contributed by atoms with Gasteiger partial charge in [-0.15, -0.1) is 0 Å². The van der Waals surface area contributed by atoms with Gasteiger partial charge in [0, 0.05) is 19.7 Å². The van der Waals surface area contributed by atoms with Crippen LogP contribution in [-0.4, -0.2) is 31.7 Å². The topological polar surface area (TPSA) is 38.5 Å². The van der Waals surface area contributed by atoms with Gasteiger partial charge in [0.1, 0.15) is 5.82 Å². The number of hydrogen-bond donors (Lipinski definition) is 1. The van der Waals surface area contributed by atoms with E-state index in [4.69, 9.17) is 10.5 Å². The minimum Gasteiger partial charge on any atom is -0.396 e. The molecule has 1 atom stereocenters. The van der Waals surface area contributed by atoms with Crippen LogP contribution in [0.25, 0.3) is 0 Å². The molecule has 16 heavy (non-hydrogen) atoms. The minimum atomic E-state index is -0.356. The van der Waals surface area contributed by atoms with Gasteiger partial charge in [-0.25, -0.2) is 4.39 Å². The van der Waals surface area contributed by atoms with E-state index in [0.717, 1.165) is 5.56 Å². The standard InChI is InChI=1S/C12H19FN2O/c1-9(8-16-3)15(2)7-10-5-4-6-11(13)12(10)14/h4-6,9H,7-8,14H2,1-3H3. The number of nitrogens with zero attached hydrogens (tertiary/aromatic N) is 1. The first-order chi connectivity index (χ1) is 7.56. The first-order valence-electron chi connectivity index (χ1n) is 5.28. The van der Waals surface area contributed by atoms with Gasteiger partial charge in [0.05, 0.1) is 12.3 Å². The summed E-state index contributed by atoms with van der Waals surface area (Å²) in [6.07, 6.45) is 0. The second-order valence-corrected chi connectivity index (χ2v) is 4.03. The highest BCUT2D eigenvalue weighted by Crippen LogP contribution is 2.17. The molecule has 0 radical (unpaired) electrons. The van der Waals surface area contributed by atoms with Gasteiger partial charge in [-0.2, -0.15) is 0 Å². The molecule has 3 nitrogen and oxygen atoms in total. The lowest BCUT2D eigenvalue weighted by Crippen LogP contribution is -2.32. The van der Waals surface area contributed by atoms with Crippen molar-refractivity contribution in [1.29, 1.82) is 0 Å². The summed E-state index contributed by atoms with van der Waals surface area (Å²) in [4.78, 5) is 2.08. The van der Waals surface area contributed by atoms with Gasteiger partial charge in [0.15, 0.2) is 0 Å². The monoisotopic (exact) mass is 226 g/mol. The Labute approximate surface area is 96.0 Å². The van der Waals surface area contributed by atoms with E-state index >= 15 is 0 Å². The molecule has 0 saturated heterocycles. The van der Waals surface area contributed by atoms with Crippen molar-refractivity contribution in [2.24, 2.45) is 0 Å². The number of nitrogens with two attached hydrogens (primary N) is 1. The van der Waals surface area contributed by atoms with Gasteiger partial charge in [0.25, 0.3) is 0 Å². The zero-order valence-corrected chi connectivity index (χ0v) is 10.0. The average Bonchev–Trinajstić information content (AvgIpc) is 2.25. The molecule has 0 bridgehead atoms. The molecular formula is C12H19FN2O. The summed E-state index contributed by atoms with van der Waals surface area (Å²) in [5.74, 6) is -0.356. The largest absolute Gasteiger partial charge is 0.396 e. The maximum Gasteiger partial charge on any atom is 0.146 e. The molecule has 0 fully saturated rings. The van der Waals surface area contributed by atoms with Gasteiger partial charge < -0.3 is 10.5 Å². The van der Waals surface area contributed by atoms with E-state index < -0.39 is 0 Å². The summed E-state index contributed by atoms with van der Waals surface area (Å²) in [6.45, 7) is 3.32. The highest BCUT2D eigenvalue weighted by molar-refractivity contribution is 5.47. The normalized spacial score (nSPS) is 13.1. The highest BCUT2D eigenvalue weighted by Gasteiger charge is 2.12. The molecule has 90 valence electrons. The van der Waals surface area contributed by atoms with E-state index in [-0.39, 0.29) is 17.5 Å². The molecule has 2 N–H and O–H groups in total. The molecule has 0 heterocycles. The summed E-state index contributed by atoms with van der Waals surface area (Å²) in [6, 6.07) is 5.16. The number of anilines is 1. The van der Waals surface area contributed by atoms with Crippen molar-refractivity contribution in [3.05, 3.63) is 29.6 Å². The minimum absolute atomic E-state index is 0.235. The van der Waals surface area contributed by atoms with Crippen molar-refractivity contribution < 1.29 is 9.13 Å². The predicted octanol–water partition coefficient (Wildman–Crippen LogP) is 1.87. The van der Waals surface area contributed by atoms with Crippen LogP contribution < -0.4 is 5.73 Å². The Bertz CT molecular complexity index is 344. The molecule has 0 aliphatic rings. The number of ether oxygens (including phenoxy) is 1. The van der Waals surface area contributed by atoms with Gasteiger partial charge in [0.2, 0.25) is 0 Å². The van der Waals surface area contributed by atoms with Crippen LogP contribution in [0.5, 0.6) is 0 Å². The fourth-order valence-corrected chi connectivity index (χ4v) is 1.51. The molecule has 0 aliphatic carbocycles. The third-order valence-corrected chi connectivity index (χ3v) is 2.72. The molecule has 1 aromatic carbocycles. The number of likely N-dealkylation sites (N-methyl/N-ethyl adjacent to an activating group) is 1. The lowest BCUT2D eigenvalue weighted by atomic mass is 10.1. The molecule has 1 unspecified atom stereocenters. The van der Waals surface area contributed by atoms with E-state index in [2.05, 4.69) is 11.8 Å². The van der Waals surface area contributed by atoms with Crippen LogP contribution in [0.3, 0.4) is 0 Å². The number of methoxy groups -OCH3 is 1. The van der Waals surface area contributed by atoms with Crippen molar-refractivity contribution in [1.82, 2.24) is 4.90 Å². The van der Waals surface area contributed by atoms with Gasteiger partial charge in [-0.05, 0) is 25.6 Å². The van der Waals surface area contributed by atoms with Crippen LogP contribution in [0.1, 0.15) is 12.5 Å². The Morgan fingerprint density at radius 3 is 2.81 bits per heavy atom. The van der Waals surface area contributed by atoms with Crippen molar-refractivity contribution in [3.8, 4) is 0 Å². The summed E-state index contributed by atoms with van der Waals surface area (Å²) in [7, 11) is 3.63. The Kier molecular flexibility index (Phi) is 4.71. The summed E-state index contributed by atoms with van der Waals surface area (Å²) in [5, 5.41) is 0. The molecule has 0 aliphatic heterocycles. The first-order valence-corrected chi connectivity index (χ1v) is 5.28. The molecule has 1 aromatic rings. The van der Waals surface area contributed by atoms with E-state index in [1.807, 2.05) is 13.1 Å². The van der Waals surface area contributed by atoms with Crippen LogP contribution >= 0.6 is 0 Å². The fourth-order valence-electron chi connectivity index (χ4n) is 1.51. The molecule has 4 heteroatoms. The maximum atomic E-state index is 13.2. The Balaban J connectivity index is 2.69. The molecule has 0 saturated carbocycles. The van der Waals surface area contributed by atoms with E-state index in [1.54, 1.807) is 13.2 Å². The smallest absolute Gasteiger partial charge is 0.146 e. The number of hydrogen-bond acceptors (Lipinski definition) is 3. The maximum absolute atomic E-state index is 13.2. The summed E-state index contributed by atoms with van der Waals surface area (Å²) >= 11 is 0. The summed E-state index contributed by atoms with van der Waals surface area (Å²) in [5.41, 5.74) is 6.72. The summed E-state index contributed by atoms with van der Waals surface area (Å²) < 4.78 is 18.3. The van der Waals surface area contributed by atoms with E-state index in [0.29, 0.717) is 13.2 Å². The van der Waals surface area contributed by atoms with Gasteiger partial charge in [-0.1, -0.05) is 12.1 Å². The highest BCUT2D eigenvalue weighted by atomic mass is 19.1. The second kappa shape index (κ2) is 5.82. The van der Waals surface area contributed by atoms with Crippen LogP contribution in [0.2, 0.25) is 0 Å². The zero-order valence-electron chi connectivity index (χ0n) is 10.0. The quantitative estimate of drug-likeness (QED) is 0.779. The lowest BCUT2D eigenvalue weighted by molar-refractivity contribution is 0.112.